The molecule has 124 valence electrons. The molecule has 1 N–H and O–H groups in total. The Balaban J connectivity index is 1.99. The van der Waals surface area contributed by atoms with Crippen LogP contribution in [0.4, 0.5) is 5.69 Å². The van der Waals surface area contributed by atoms with Gasteiger partial charge in [-0.3, -0.25) is 9.36 Å². The molecule has 0 aliphatic heterocycles. The van der Waals surface area contributed by atoms with Gasteiger partial charge in [-0.15, -0.1) is 0 Å². The summed E-state index contributed by atoms with van der Waals surface area (Å²) in [4.78, 5) is 19.3. The predicted molar refractivity (Wildman–Crippen MR) is 96.2 cm³/mol. The van der Waals surface area contributed by atoms with E-state index in [-0.39, 0.29) is 12.2 Å². The summed E-state index contributed by atoms with van der Waals surface area (Å²) in [7, 11) is 1.76. The fraction of sp³-hybridized carbons (Fsp3) is 0.263. The molecular formula is C19H21N3O2. The predicted octanol–water partition coefficient (Wildman–Crippen LogP) is 2.32. The van der Waals surface area contributed by atoms with Crippen molar-refractivity contribution >= 4 is 16.6 Å². The summed E-state index contributed by atoms with van der Waals surface area (Å²) in [6.07, 6.45) is 0.663. The van der Waals surface area contributed by atoms with E-state index < -0.39 is 0 Å². The topological polar surface area (TPSA) is 58.4 Å². The van der Waals surface area contributed by atoms with Crippen LogP contribution in [0, 0.1) is 0 Å². The monoisotopic (exact) mass is 323 g/mol. The first-order valence-electron chi connectivity index (χ1n) is 8.06. The lowest BCUT2D eigenvalue weighted by atomic mass is 10.2. The van der Waals surface area contributed by atoms with Gasteiger partial charge < -0.3 is 10.0 Å². The summed E-state index contributed by atoms with van der Waals surface area (Å²) in [5, 5.41) is 9.80. The van der Waals surface area contributed by atoms with Gasteiger partial charge in [0, 0.05) is 25.9 Å². The molecule has 1 aromatic heterocycles. The minimum absolute atomic E-state index is 0.0363. The number of fused-ring (bicyclic) bond motifs is 1. The van der Waals surface area contributed by atoms with Gasteiger partial charge in [-0.1, -0.05) is 30.3 Å². The Kier molecular flexibility index (Phi) is 4.91. The van der Waals surface area contributed by atoms with Gasteiger partial charge in [-0.25, -0.2) is 4.98 Å². The Morgan fingerprint density at radius 2 is 1.79 bits per heavy atom. The lowest BCUT2D eigenvalue weighted by Gasteiger charge is -2.25. The first-order chi connectivity index (χ1) is 11.7. The number of hydrogen-bond acceptors (Lipinski definition) is 4. The summed E-state index contributed by atoms with van der Waals surface area (Å²) >= 11 is 0. The van der Waals surface area contributed by atoms with Crippen molar-refractivity contribution in [1.29, 1.82) is 0 Å². The average Bonchev–Trinajstić information content (AvgIpc) is 2.63. The highest BCUT2D eigenvalue weighted by molar-refractivity contribution is 5.77. The van der Waals surface area contributed by atoms with Crippen LogP contribution in [0.1, 0.15) is 12.2 Å². The van der Waals surface area contributed by atoms with E-state index in [0.717, 1.165) is 5.69 Å². The largest absolute Gasteiger partial charge is 0.396 e. The van der Waals surface area contributed by atoms with Crippen molar-refractivity contribution in [3.05, 3.63) is 70.8 Å². The molecule has 2 aromatic carbocycles. The fourth-order valence-electron chi connectivity index (χ4n) is 2.78. The molecule has 0 saturated heterocycles. The number of anilines is 1. The molecule has 0 fully saturated rings. The maximum absolute atomic E-state index is 12.5. The number of nitrogens with zero attached hydrogens (tertiary/aromatic N) is 3. The molecule has 0 radical (unpaired) electrons. The molecule has 5 nitrogen and oxygen atoms in total. The Morgan fingerprint density at radius 3 is 2.54 bits per heavy atom. The molecule has 0 unspecified atom stereocenters. The van der Waals surface area contributed by atoms with Crippen molar-refractivity contribution < 1.29 is 5.11 Å². The Hall–Kier alpha value is -2.66. The van der Waals surface area contributed by atoms with Crippen molar-refractivity contribution in [2.45, 2.75) is 13.0 Å². The second kappa shape index (κ2) is 7.27. The highest BCUT2D eigenvalue weighted by Crippen LogP contribution is 2.17. The quantitative estimate of drug-likeness (QED) is 0.756. The maximum atomic E-state index is 12.5. The van der Waals surface area contributed by atoms with Crippen LogP contribution >= 0.6 is 0 Å². The molecular weight excluding hydrogens is 302 g/mol. The van der Waals surface area contributed by atoms with E-state index in [9.17, 15) is 9.90 Å². The zero-order valence-corrected chi connectivity index (χ0v) is 13.7. The lowest BCUT2D eigenvalue weighted by Crippen LogP contribution is -2.30. The summed E-state index contributed by atoms with van der Waals surface area (Å²) in [5.41, 5.74) is 1.73. The van der Waals surface area contributed by atoms with Crippen molar-refractivity contribution in [3.8, 4) is 0 Å². The minimum atomic E-state index is -0.0363. The van der Waals surface area contributed by atoms with Crippen LogP contribution in [-0.4, -0.2) is 27.8 Å². The van der Waals surface area contributed by atoms with Gasteiger partial charge >= 0.3 is 0 Å². The van der Waals surface area contributed by atoms with Crippen LogP contribution in [0.15, 0.2) is 59.4 Å². The van der Waals surface area contributed by atoms with Gasteiger partial charge in [-0.05, 0) is 30.7 Å². The number of para-hydroxylation sites is 2. The summed E-state index contributed by atoms with van der Waals surface area (Å²) in [5.74, 6) is 0.709. The zero-order valence-electron chi connectivity index (χ0n) is 13.7. The van der Waals surface area contributed by atoms with Gasteiger partial charge in [0.25, 0.3) is 5.56 Å². The van der Waals surface area contributed by atoms with Crippen molar-refractivity contribution in [1.82, 2.24) is 9.55 Å². The number of benzene rings is 2. The first-order valence-corrected chi connectivity index (χ1v) is 8.06. The van der Waals surface area contributed by atoms with E-state index in [1.165, 1.54) is 0 Å². The third-order valence-corrected chi connectivity index (χ3v) is 4.12. The van der Waals surface area contributed by atoms with Crippen molar-refractivity contribution in [3.63, 3.8) is 0 Å². The highest BCUT2D eigenvalue weighted by Gasteiger charge is 2.13. The van der Waals surface area contributed by atoms with Gasteiger partial charge in [0.1, 0.15) is 5.82 Å². The number of aromatic nitrogens is 2. The van der Waals surface area contributed by atoms with Crippen molar-refractivity contribution in [2.75, 3.05) is 18.1 Å². The molecule has 0 amide bonds. The number of aliphatic hydroxyl groups excluding tert-OH is 1. The SMILES string of the molecule is Cn1c(CN(CCCO)c2ccccc2)nc2ccccc2c1=O. The maximum Gasteiger partial charge on any atom is 0.261 e. The fourth-order valence-corrected chi connectivity index (χ4v) is 2.78. The molecule has 3 rings (SSSR count). The average molecular weight is 323 g/mol. The van der Waals surface area contributed by atoms with E-state index in [1.807, 2.05) is 48.5 Å². The summed E-state index contributed by atoms with van der Waals surface area (Å²) in [6, 6.07) is 17.4. The van der Waals surface area contributed by atoms with Gasteiger partial charge in [0.05, 0.1) is 17.4 Å². The third kappa shape index (κ3) is 3.31. The van der Waals surface area contributed by atoms with Gasteiger partial charge in [-0.2, -0.15) is 0 Å². The molecule has 0 atom stereocenters. The van der Waals surface area contributed by atoms with Crippen LogP contribution in [0.2, 0.25) is 0 Å². The second-order valence-corrected chi connectivity index (χ2v) is 5.74. The number of hydrogen-bond donors (Lipinski definition) is 1. The standard InChI is InChI=1S/C19H21N3O2/c1-21-18(20-17-11-6-5-10-16(17)19(21)24)14-22(12-7-13-23)15-8-3-2-4-9-15/h2-6,8-11,23H,7,12-14H2,1H3. The van der Waals surface area contributed by atoms with Gasteiger partial charge in [0.2, 0.25) is 0 Å². The Morgan fingerprint density at radius 1 is 1.08 bits per heavy atom. The molecule has 0 bridgehead atoms. The smallest absolute Gasteiger partial charge is 0.261 e. The van der Waals surface area contributed by atoms with Crippen LogP contribution in [0.25, 0.3) is 10.9 Å². The van der Waals surface area contributed by atoms with Crippen LogP contribution < -0.4 is 10.5 Å². The lowest BCUT2D eigenvalue weighted by molar-refractivity contribution is 0.289. The number of rotatable bonds is 6. The van der Waals surface area contributed by atoms with Crippen molar-refractivity contribution in [2.24, 2.45) is 7.05 Å². The minimum Gasteiger partial charge on any atom is -0.396 e. The summed E-state index contributed by atoms with van der Waals surface area (Å²) in [6.45, 7) is 1.34. The molecule has 1 heterocycles. The molecule has 0 aliphatic rings. The van der Waals surface area contributed by atoms with E-state index in [4.69, 9.17) is 0 Å². The molecule has 0 spiro atoms. The zero-order chi connectivity index (χ0) is 16.9. The Labute approximate surface area is 140 Å². The molecule has 24 heavy (non-hydrogen) atoms. The molecule has 5 heteroatoms. The van der Waals surface area contributed by atoms with Crippen LogP contribution in [0.3, 0.4) is 0 Å². The highest BCUT2D eigenvalue weighted by atomic mass is 16.3. The van der Waals surface area contributed by atoms with Crippen LogP contribution in [-0.2, 0) is 13.6 Å². The number of aliphatic hydroxyl groups is 1. The van der Waals surface area contributed by atoms with E-state index in [1.54, 1.807) is 17.7 Å². The van der Waals surface area contributed by atoms with Crippen LogP contribution in [0.5, 0.6) is 0 Å². The van der Waals surface area contributed by atoms with E-state index in [0.29, 0.717) is 36.2 Å². The molecule has 0 aliphatic carbocycles. The Bertz CT molecular complexity index is 875. The van der Waals surface area contributed by atoms with E-state index >= 15 is 0 Å². The third-order valence-electron chi connectivity index (χ3n) is 4.12. The molecule has 3 aromatic rings. The normalized spacial score (nSPS) is 10.9. The van der Waals surface area contributed by atoms with E-state index in [2.05, 4.69) is 9.88 Å². The first kappa shape index (κ1) is 16.2. The second-order valence-electron chi connectivity index (χ2n) is 5.74. The summed E-state index contributed by atoms with van der Waals surface area (Å²) < 4.78 is 1.61. The van der Waals surface area contributed by atoms with Gasteiger partial charge in [0.15, 0.2) is 0 Å². The molecule has 0 saturated carbocycles.